The lowest BCUT2D eigenvalue weighted by Gasteiger charge is -2.21. The van der Waals surface area contributed by atoms with E-state index in [-0.39, 0.29) is 12.0 Å². The summed E-state index contributed by atoms with van der Waals surface area (Å²) in [5, 5.41) is 9.76. The van der Waals surface area contributed by atoms with E-state index in [0.29, 0.717) is 0 Å². The quantitative estimate of drug-likeness (QED) is 0.582. The summed E-state index contributed by atoms with van der Waals surface area (Å²) in [5.74, 6) is 1.14. The average Bonchev–Trinajstić information content (AvgIpc) is 3.15. The zero-order chi connectivity index (χ0) is 20.4. The maximum Gasteiger partial charge on any atom is 0.149 e. The molecule has 0 bridgehead atoms. The van der Waals surface area contributed by atoms with Crippen LogP contribution in [0, 0.1) is 0 Å². The first-order valence-electron chi connectivity index (χ1n) is 10.1. The number of benzene rings is 3. The van der Waals surface area contributed by atoms with Crippen molar-refractivity contribution in [2.45, 2.75) is 26.0 Å². The van der Waals surface area contributed by atoms with Crippen LogP contribution < -0.4 is 4.74 Å². The summed E-state index contributed by atoms with van der Waals surface area (Å²) in [5.41, 5.74) is 7.59. The number of phenolic OH excluding ortho intramolecular Hbond substituents is 1. The van der Waals surface area contributed by atoms with E-state index in [9.17, 15) is 5.11 Å². The predicted molar refractivity (Wildman–Crippen MR) is 119 cm³/mol. The third-order valence-corrected chi connectivity index (χ3v) is 5.62. The van der Waals surface area contributed by atoms with Gasteiger partial charge in [-0.25, -0.2) is 0 Å². The summed E-state index contributed by atoms with van der Waals surface area (Å²) in [7, 11) is 4.01. The SMILES string of the molecule is CC(Oc1ccc(/C(=C2\CCc3ccccc32)c2ccc(O)cc2)cc1)N(C)C. The summed E-state index contributed by atoms with van der Waals surface area (Å²) in [4.78, 5) is 2.03. The summed E-state index contributed by atoms with van der Waals surface area (Å²) in [6.45, 7) is 2.03. The average molecular weight is 386 g/mol. The Kier molecular flexibility index (Phi) is 5.41. The van der Waals surface area contributed by atoms with E-state index in [1.54, 1.807) is 12.1 Å². The van der Waals surface area contributed by atoms with Crippen LogP contribution in [0.5, 0.6) is 11.5 Å². The molecule has 1 unspecified atom stereocenters. The van der Waals surface area contributed by atoms with Crippen LogP contribution in [0.3, 0.4) is 0 Å². The highest BCUT2D eigenvalue weighted by Crippen LogP contribution is 2.41. The van der Waals surface area contributed by atoms with Gasteiger partial charge < -0.3 is 9.84 Å². The Morgan fingerprint density at radius 2 is 1.48 bits per heavy atom. The van der Waals surface area contributed by atoms with Crippen molar-refractivity contribution in [1.29, 1.82) is 0 Å². The minimum atomic E-state index is 0.0116. The van der Waals surface area contributed by atoms with Crippen LogP contribution >= 0.6 is 0 Å². The van der Waals surface area contributed by atoms with Gasteiger partial charge in [0.25, 0.3) is 0 Å². The Balaban J connectivity index is 1.78. The third kappa shape index (κ3) is 4.06. The molecule has 1 N–H and O–H groups in total. The lowest BCUT2D eigenvalue weighted by Crippen LogP contribution is -2.30. The van der Waals surface area contributed by atoms with Crippen LogP contribution in [0.25, 0.3) is 11.1 Å². The molecule has 0 spiro atoms. The number of aromatic hydroxyl groups is 1. The Bertz CT molecular complexity index is 1020. The van der Waals surface area contributed by atoms with E-state index in [1.165, 1.54) is 22.3 Å². The molecule has 0 fully saturated rings. The van der Waals surface area contributed by atoms with Gasteiger partial charge in [-0.3, -0.25) is 4.90 Å². The Hall–Kier alpha value is -3.04. The van der Waals surface area contributed by atoms with Crippen molar-refractivity contribution >= 4 is 11.1 Å². The fourth-order valence-electron chi connectivity index (χ4n) is 3.83. The molecule has 0 heterocycles. The lowest BCUT2D eigenvalue weighted by molar-refractivity contribution is 0.0815. The third-order valence-electron chi connectivity index (χ3n) is 5.62. The minimum Gasteiger partial charge on any atom is -0.508 e. The minimum absolute atomic E-state index is 0.0116. The molecule has 0 saturated carbocycles. The highest BCUT2D eigenvalue weighted by atomic mass is 16.5. The molecule has 0 radical (unpaired) electrons. The molecule has 3 aromatic rings. The van der Waals surface area contributed by atoms with E-state index in [4.69, 9.17) is 4.74 Å². The van der Waals surface area contributed by atoms with Gasteiger partial charge in [-0.05, 0) is 91.5 Å². The second kappa shape index (κ2) is 8.14. The molecule has 0 aliphatic heterocycles. The Morgan fingerprint density at radius 3 is 2.14 bits per heavy atom. The van der Waals surface area contributed by atoms with Gasteiger partial charge in [-0.15, -0.1) is 0 Å². The van der Waals surface area contributed by atoms with Crippen LogP contribution in [0.4, 0.5) is 0 Å². The van der Waals surface area contributed by atoms with E-state index in [2.05, 4.69) is 36.4 Å². The second-order valence-electron chi connectivity index (χ2n) is 7.76. The van der Waals surface area contributed by atoms with Crippen LogP contribution in [0.1, 0.15) is 35.6 Å². The number of aryl methyl sites for hydroxylation is 1. The van der Waals surface area contributed by atoms with Crippen molar-refractivity contribution in [1.82, 2.24) is 4.90 Å². The van der Waals surface area contributed by atoms with Crippen molar-refractivity contribution in [2.24, 2.45) is 0 Å². The zero-order valence-electron chi connectivity index (χ0n) is 17.2. The summed E-state index contributed by atoms with van der Waals surface area (Å²) >= 11 is 0. The van der Waals surface area contributed by atoms with E-state index < -0.39 is 0 Å². The number of hydrogen-bond acceptors (Lipinski definition) is 3. The number of ether oxygens (including phenoxy) is 1. The number of fused-ring (bicyclic) bond motifs is 1. The topological polar surface area (TPSA) is 32.7 Å². The van der Waals surface area contributed by atoms with Crippen molar-refractivity contribution in [3.63, 3.8) is 0 Å². The summed E-state index contributed by atoms with van der Waals surface area (Å²) in [6, 6.07) is 24.5. The molecule has 1 aliphatic carbocycles. The molecule has 3 nitrogen and oxygen atoms in total. The zero-order valence-corrected chi connectivity index (χ0v) is 17.2. The van der Waals surface area contributed by atoms with Crippen molar-refractivity contribution in [2.75, 3.05) is 14.1 Å². The molecule has 4 rings (SSSR count). The van der Waals surface area contributed by atoms with Crippen molar-refractivity contribution in [3.05, 3.63) is 95.1 Å². The first-order chi connectivity index (χ1) is 14.0. The predicted octanol–water partition coefficient (Wildman–Crippen LogP) is 5.58. The van der Waals surface area contributed by atoms with Gasteiger partial charge in [-0.2, -0.15) is 0 Å². The number of rotatable bonds is 5. The van der Waals surface area contributed by atoms with Crippen LogP contribution in [-0.4, -0.2) is 30.3 Å². The molecule has 0 saturated heterocycles. The van der Waals surface area contributed by atoms with Gasteiger partial charge >= 0.3 is 0 Å². The first kappa shape index (κ1) is 19.3. The van der Waals surface area contributed by atoms with Crippen molar-refractivity contribution in [3.8, 4) is 11.5 Å². The molecule has 148 valence electrons. The molecule has 3 heteroatoms. The molecular weight excluding hydrogens is 358 g/mol. The fourth-order valence-corrected chi connectivity index (χ4v) is 3.83. The Morgan fingerprint density at radius 1 is 0.862 bits per heavy atom. The maximum atomic E-state index is 9.76. The van der Waals surface area contributed by atoms with Crippen LogP contribution in [-0.2, 0) is 6.42 Å². The van der Waals surface area contributed by atoms with E-state index in [1.807, 2.05) is 50.2 Å². The molecule has 0 aromatic heterocycles. The number of nitrogens with zero attached hydrogens (tertiary/aromatic N) is 1. The van der Waals surface area contributed by atoms with E-state index >= 15 is 0 Å². The van der Waals surface area contributed by atoms with Gasteiger partial charge in [0.1, 0.15) is 17.7 Å². The number of hydrogen-bond donors (Lipinski definition) is 1. The van der Waals surface area contributed by atoms with Crippen LogP contribution in [0.15, 0.2) is 72.8 Å². The smallest absolute Gasteiger partial charge is 0.149 e. The second-order valence-corrected chi connectivity index (χ2v) is 7.76. The molecule has 1 aliphatic rings. The normalized spacial score (nSPS) is 15.9. The van der Waals surface area contributed by atoms with Gasteiger partial charge in [0.2, 0.25) is 0 Å². The van der Waals surface area contributed by atoms with Gasteiger partial charge in [0.15, 0.2) is 0 Å². The summed E-state index contributed by atoms with van der Waals surface area (Å²) < 4.78 is 5.99. The van der Waals surface area contributed by atoms with Crippen molar-refractivity contribution < 1.29 is 9.84 Å². The highest BCUT2D eigenvalue weighted by Gasteiger charge is 2.21. The fraction of sp³-hybridized carbons (Fsp3) is 0.231. The molecule has 3 aromatic carbocycles. The standard InChI is InChI=1S/C26H27NO2/c1-18(27(2)3)29-23-15-10-21(11-16-23)26(20-8-13-22(28)14-9-20)25-17-12-19-6-4-5-7-24(19)25/h4-11,13-16,18,28H,12,17H2,1-3H3/b26-25+. The molecule has 0 amide bonds. The molecule has 1 atom stereocenters. The van der Waals surface area contributed by atoms with Gasteiger partial charge in [-0.1, -0.05) is 48.5 Å². The maximum absolute atomic E-state index is 9.76. The van der Waals surface area contributed by atoms with Gasteiger partial charge in [0, 0.05) is 0 Å². The van der Waals surface area contributed by atoms with Crippen LogP contribution in [0.2, 0.25) is 0 Å². The monoisotopic (exact) mass is 385 g/mol. The Labute approximate surface area is 172 Å². The van der Waals surface area contributed by atoms with E-state index in [0.717, 1.165) is 29.7 Å². The first-order valence-corrected chi connectivity index (χ1v) is 10.1. The lowest BCUT2D eigenvalue weighted by atomic mass is 9.90. The highest BCUT2D eigenvalue weighted by molar-refractivity contribution is 6.00. The number of phenols is 1. The van der Waals surface area contributed by atoms with Gasteiger partial charge in [0.05, 0.1) is 0 Å². The summed E-state index contributed by atoms with van der Waals surface area (Å²) in [6.07, 6.45) is 2.09. The number of allylic oxidation sites excluding steroid dienone is 1. The largest absolute Gasteiger partial charge is 0.508 e. The molecular formula is C26H27NO2. The molecule has 29 heavy (non-hydrogen) atoms.